The van der Waals surface area contributed by atoms with Gasteiger partial charge in [-0.25, -0.2) is 0 Å². The molecule has 0 spiro atoms. The van der Waals surface area contributed by atoms with Crippen LogP contribution in [0.25, 0.3) is 0 Å². The Hall–Kier alpha value is -1.57. The molecule has 1 aliphatic rings. The molecule has 2 aromatic rings. The van der Waals surface area contributed by atoms with Crippen LogP contribution in [0.4, 0.5) is 0 Å². The molecule has 27 heavy (non-hydrogen) atoms. The number of halogens is 2. The van der Waals surface area contributed by atoms with E-state index in [-0.39, 0.29) is 13.2 Å². The third-order valence-electron chi connectivity index (χ3n) is 4.48. The Morgan fingerprint density at radius 2 is 1.78 bits per heavy atom. The van der Waals surface area contributed by atoms with Crippen molar-refractivity contribution in [2.75, 3.05) is 0 Å². The van der Waals surface area contributed by atoms with Gasteiger partial charge in [-0.3, -0.25) is 4.31 Å². The highest BCUT2D eigenvalue weighted by Crippen LogP contribution is 2.35. The van der Waals surface area contributed by atoms with Crippen LogP contribution in [0.2, 0.25) is 10.0 Å². The highest BCUT2D eigenvalue weighted by atomic mass is 35.5. The van der Waals surface area contributed by atoms with E-state index in [2.05, 4.69) is 4.72 Å². The number of benzene rings is 2. The predicted molar refractivity (Wildman–Crippen MR) is 108 cm³/mol. The van der Waals surface area contributed by atoms with Gasteiger partial charge < -0.3 is 5.11 Å². The molecule has 1 aliphatic heterocycles. The molecule has 1 heterocycles. The Morgan fingerprint density at radius 3 is 2.37 bits per heavy atom. The Morgan fingerprint density at radius 1 is 1.11 bits per heavy atom. The van der Waals surface area contributed by atoms with E-state index in [0.29, 0.717) is 22.0 Å². The van der Waals surface area contributed by atoms with E-state index in [9.17, 15) is 8.42 Å². The van der Waals surface area contributed by atoms with Crippen molar-refractivity contribution in [2.24, 2.45) is 0 Å². The molecule has 2 N–H and O–H groups in total. The summed E-state index contributed by atoms with van der Waals surface area (Å²) in [6, 6.07) is 11.7. The number of rotatable bonds is 5. The number of nitrogens with zero attached hydrogens (tertiary/aromatic N) is 1. The summed E-state index contributed by atoms with van der Waals surface area (Å²) in [6.07, 6.45) is 2.33. The fraction of sp³-hybridized carbons (Fsp3) is 0.263. The Bertz CT molecular complexity index is 959. The van der Waals surface area contributed by atoms with E-state index in [0.717, 1.165) is 16.7 Å². The highest BCUT2D eigenvalue weighted by Gasteiger charge is 2.32. The van der Waals surface area contributed by atoms with Crippen molar-refractivity contribution in [1.82, 2.24) is 9.03 Å². The van der Waals surface area contributed by atoms with Gasteiger partial charge >= 0.3 is 10.2 Å². The van der Waals surface area contributed by atoms with Crippen LogP contribution in [-0.4, -0.2) is 17.8 Å². The molecule has 0 saturated heterocycles. The number of hydrogen-bond donors (Lipinski definition) is 2. The molecule has 1 unspecified atom stereocenters. The topological polar surface area (TPSA) is 69.6 Å². The zero-order chi connectivity index (χ0) is 19.6. The molecule has 0 aliphatic carbocycles. The van der Waals surface area contributed by atoms with Crippen LogP contribution in [0.5, 0.6) is 0 Å². The SMILES string of the molecule is CCC1=CN(Cc2ccc(CO)cc2)S(=O)(=O)NC1c1ccc(Cl)cc1Cl. The number of aliphatic hydroxyl groups is 1. The lowest BCUT2D eigenvalue weighted by Crippen LogP contribution is -2.44. The molecule has 5 nitrogen and oxygen atoms in total. The molecule has 0 aromatic heterocycles. The van der Waals surface area contributed by atoms with Gasteiger partial charge in [-0.1, -0.05) is 60.5 Å². The molecular formula is C19H20Cl2N2O3S. The summed E-state index contributed by atoms with van der Waals surface area (Å²) >= 11 is 12.2. The van der Waals surface area contributed by atoms with E-state index < -0.39 is 16.3 Å². The van der Waals surface area contributed by atoms with Gasteiger partial charge in [0, 0.05) is 16.2 Å². The van der Waals surface area contributed by atoms with Crippen molar-refractivity contribution in [1.29, 1.82) is 0 Å². The van der Waals surface area contributed by atoms with E-state index in [1.54, 1.807) is 36.5 Å². The van der Waals surface area contributed by atoms with Gasteiger partial charge in [0.15, 0.2) is 0 Å². The smallest absolute Gasteiger partial charge is 0.302 e. The minimum absolute atomic E-state index is 0.0483. The fourth-order valence-corrected chi connectivity index (χ4v) is 4.80. The van der Waals surface area contributed by atoms with E-state index in [1.165, 1.54) is 4.31 Å². The lowest BCUT2D eigenvalue weighted by molar-refractivity contribution is 0.282. The van der Waals surface area contributed by atoms with Gasteiger partial charge in [0.25, 0.3) is 0 Å². The Labute approximate surface area is 169 Å². The Balaban J connectivity index is 1.93. The van der Waals surface area contributed by atoms with Gasteiger partial charge in [-0.05, 0) is 40.8 Å². The monoisotopic (exact) mass is 426 g/mol. The number of nitrogens with one attached hydrogen (secondary N) is 1. The molecule has 0 amide bonds. The second-order valence-electron chi connectivity index (χ2n) is 6.30. The summed E-state index contributed by atoms with van der Waals surface area (Å²) in [7, 11) is -3.74. The first-order chi connectivity index (χ1) is 12.8. The first kappa shape index (κ1) is 20.2. The van der Waals surface area contributed by atoms with Crippen LogP contribution in [0, 0.1) is 0 Å². The average molecular weight is 427 g/mol. The lowest BCUT2D eigenvalue weighted by atomic mass is 9.98. The van der Waals surface area contributed by atoms with Gasteiger partial charge in [0.05, 0.1) is 19.2 Å². The van der Waals surface area contributed by atoms with Crippen LogP contribution < -0.4 is 4.72 Å². The largest absolute Gasteiger partial charge is 0.392 e. The maximum atomic E-state index is 12.8. The predicted octanol–water partition coefficient (Wildman–Crippen LogP) is 4.17. The molecule has 1 atom stereocenters. The standard InChI is InChI=1S/C19H20Cl2N2O3S/c1-2-15-11-23(10-13-3-5-14(12-24)6-4-13)27(25,26)22-19(15)17-8-7-16(20)9-18(17)21/h3-9,11,19,22,24H,2,10,12H2,1H3. The highest BCUT2D eigenvalue weighted by molar-refractivity contribution is 7.87. The molecule has 144 valence electrons. The van der Waals surface area contributed by atoms with Crippen molar-refractivity contribution >= 4 is 33.4 Å². The molecule has 0 fully saturated rings. The molecule has 2 aromatic carbocycles. The summed E-state index contributed by atoms with van der Waals surface area (Å²) in [5.41, 5.74) is 3.18. The minimum atomic E-state index is -3.74. The molecule has 0 bridgehead atoms. The maximum Gasteiger partial charge on any atom is 0.302 e. The van der Waals surface area contributed by atoms with E-state index in [1.807, 2.05) is 19.1 Å². The normalized spacial score (nSPS) is 19.0. The van der Waals surface area contributed by atoms with Crippen LogP contribution in [0.1, 0.15) is 36.1 Å². The second-order valence-corrected chi connectivity index (χ2v) is 8.80. The molecule has 8 heteroatoms. The van der Waals surface area contributed by atoms with Crippen molar-refractivity contribution in [3.63, 3.8) is 0 Å². The van der Waals surface area contributed by atoms with Crippen LogP contribution in [-0.2, 0) is 23.4 Å². The average Bonchev–Trinajstić information content (AvgIpc) is 2.63. The number of hydrogen-bond acceptors (Lipinski definition) is 3. The van der Waals surface area contributed by atoms with Crippen molar-refractivity contribution in [3.05, 3.63) is 81.0 Å². The van der Waals surface area contributed by atoms with Gasteiger partial charge in [0.1, 0.15) is 0 Å². The zero-order valence-corrected chi connectivity index (χ0v) is 17.0. The summed E-state index contributed by atoms with van der Waals surface area (Å²) in [6.45, 7) is 2.12. The van der Waals surface area contributed by atoms with Crippen molar-refractivity contribution in [3.8, 4) is 0 Å². The fourth-order valence-electron chi connectivity index (χ4n) is 2.98. The summed E-state index contributed by atoms with van der Waals surface area (Å²) in [5.74, 6) is 0. The summed E-state index contributed by atoms with van der Waals surface area (Å²) in [4.78, 5) is 0. The van der Waals surface area contributed by atoms with Gasteiger partial charge in [-0.2, -0.15) is 13.1 Å². The zero-order valence-electron chi connectivity index (χ0n) is 14.7. The number of aliphatic hydroxyl groups excluding tert-OH is 1. The van der Waals surface area contributed by atoms with E-state index in [4.69, 9.17) is 28.3 Å². The minimum Gasteiger partial charge on any atom is -0.392 e. The quantitative estimate of drug-likeness (QED) is 0.753. The first-order valence-electron chi connectivity index (χ1n) is 8.47. The molecule has 0 radical (unpaired) electrons. The van der Waals surface area contributed by atoms with E-state index >= 15 is 0 Å². The van der Waals surface area contributed by atoms with Crippen LogP contribution in [0.15, 0.2) is 54.2 Å². The third-order valence-corrected chi connectivity index (χ3v) is 6.43. The second kappa shape index (κ2) is 8.20. The molecule has 0 saturated carbocycles. The summed E-state index contributed by atoms with van der Waals surface area (Å²) in [5, 5.41) is 10.0. The maximum absolute atomic E-state index is 12.8. The molecular weight excluding hydrogens is 407 g/mol. The Kier molecular flexibility index (Phi) is 6.13. The van der Waals surface area contributed by atoms with Gasteiger partial charge in [0.2, 0.25) is 0 Å². The van der Waals surface area contributed by atoms with Crippen molar-refractivity contribution < 1.29 is 13.5 Å². The van der Waals surface area contributed by atoms with Crippen LogP contribution >= 0.6 is 23.2 Å². The summed E-state index contributed by atoms with van der Waals surface area (Å²) < 4.78 is 29.6. The van der Waals surface area contributed by atoms with Crippen LogP contribution in [0.3, 0.4) is 0 Å². The lowest BCUT2D eigenvalue weighted by Gasteiger charge is -2.33. The van der Waals surface area contributed by atoms with Gasteiger partial charge in [-0.15, -0.1) is 0 Å². The van der Waals surface area contributed by atoms with Crippen molar-refractivity contribution in [2.45, 2.75) is 32.5 Å². The molecule has 3 rings (SSSR count). The third kappa shape index (κ3) is 4.47. The first-order valence-corrected chi connectivity index (χ1v) is 10.7.